The Kier molecular flexibility index (Phi) is 8.11. The van der Waals surface area contributed by atoms with Crippen LogP contribution in [0.4, 0.5) is 10.1 Å². The van der Waals surface area contributed by atoms with Crippen molar-refractivity contribution >= 4 is 11.4 Å². The monoisotopic (exact) mass is 558 g/mol. The average molecular weight is 559 g/mol. The minimum atomic E-state index is -1.11. The zero-order valence-corrected chi connectivity index (χ0v) is 23.3. The first-order valence-corrected chi connectivity index (χ1v) is 13.5. The Labute approximate surface area is 237 Å². The molecule has 0 atom stereocenters. The fourth-order valence-corrected chi connectivity index (χ4v) is 5.25. The van der Waals surface area contributed by atoms with Crippen molar-refractivity contribution in [3.63, 3.8) is 0 Å². The maximum Gasteiger partial charge on any atom is 0.277 e. The molecule has 3 heterocycles. The second kappa shape index (κ2) is 11.7. The lowest BCUT2D eigenvalue weighted by molar-refractivity contribution is -0.0366. The fraction of sp³-hybridized carbons (Fsp3) is 0.333. The van der Waals surface area contributed by atoms with Crippen LogP contribution in [-0.4, -0.2) is 60.8 Å². The van der Waals surface area contributed by atoms with E-state index in [1.54, 1.807) is 24.0 Å². The van der Waals surface area contributed by atoms with Gasteiger partial charge in [0.1, 0.15) is 17.2 Å². The maximum absolute atomic E-state index is 14.9. The number of likely N-dealkylation sites (tertiary alicyclic amines) is 1. The maximum atomic E-state index is 14.9. The zero-order chi connectivity index (χ0) is 29.1. The molecule has 0 unspecified atom stereocenters. The van der Waals surface area contributed by atoms with Crippen molar-refractivity contribution in [3.05, 3.63) is 99.7 Å². The zero-order valence-electron chi connectivity index (χ0n) is 23.3. The van der Waals surface area contributed by atoms with E-state index < -0.39 is 11.2 Å². The van der Waals surface area contributed by atoms with Crippen molar-refractivity contribution in [1.82, 2.24) is 24.2 Å². The standard InChI is InChI=1S/C30H35FN8O2/c1-34-27(21-5-3-20(14-32)4-6-21)28-26(33)29(40)39(19-35-28)18-30(41)9-11-38(12-10-30)17-23-8-7-22(13-25(23)31)24-15-36-37(2)16-24/h3-8,13,15-16,19,41H,9-12,14,17-18,32-33H2,1-2H3. The van der Waals surface area contributed by atoms with Crippen molar-refractivity contribution < 1.29 is 9.50 Å². The highest BCUT2D eigenvalue weighted by molar-refractivity contribution is 6.14. The molecule has 5 rings (SSSR count). The molecule has 2 aromatic heterocycles. The molecule has 4 aromatic rings. The molecule has 0 spiro atoms. The molecular formula is C30H35FN8O2. The summed E-state index contributed by atoms with van der Waals surface area (Å²) >= 11 is 0. The van der Waals surface area contributed by atoms with E-state index >= 15 is 0 Å². The summed E-state index contributed by atoms with van der Waals surface area (Å²) in [5, 5.41) is 15.5. The van der Waals surface area contributed by atoms with Gasteiger partial charge < -0.3 is 16.6 Å². The van der Waals surface area contributed by atoms with Gasteiger partial charge in [-0.25, -0.2) is 9.37 Å². The number of anilines is 1. The van der Waals surface area contributed by atoms with E-state index in [0.717, 1.165) is 22.3 Å². The number of aromatic nitrogens is 4. The Morgan fingerprint density at radius 1 is 1.15 bits per heavy atom. The quantitative estimate of drug-likeness (QED) is 0.282. The summed E-state index contributed by atoms with van der Waals surface area (Å²) in [6.45, 7) is 2.04. The molecule has 1 aliphatic heterocycles. The lowest BCUT2D eigenvalue weighted by atomic mass is 9.91. The van der Waals surface area contributed by atoms with Crippen LogP contribution in [0, 0.1) is 5.82 Å². The molecular weight excluding hydrogens is 523 g/mol. The van der Waals surface area contributed by atoms with Gasteiger partial charge in [-0.05, 0) is 30.0 Å². The molecule has 41 heavy (non-hydrogen) atoms. The van der Waals surface area contributed by atoms with Gasteiger partial charge >= 0.3 is 0 Å². The van der Waals surface area contributed by atoms with Gasteiger partial charge in [-0.15, -0.1) is 0 Å². The van der Waals surface area contributed by atoms with Crippen molar-refractivity contribution in [2.24, 2.45) is 17.8 Å². The van der Waals surface area contributed by atoms with Gasteiger partial charge in [-0.3, -0.25) is 23.9 Å². The number of aryl methyl sites for hydroxylation is 1. The number of aliphatic hydroxyl groups is 1. The van der Waals surface area contributed by atoms with Gasteiger partial charge in [0.25, 0.3) is 5.56 Å². The van der Waals surface area contributed by atoms with E-state index in [1.807, 2.05) is 43.6 Å². The number of hydrogen-bond acceptors (Lipinski definition) is 8. The summed E-state index contributed by atoms with van der Waals surface area (Å²) in [6, 6.07) is 12.8. The topological polar surface area (TPSA) is 141 Å². The highest BCUT2D eigenvalue weighted by Gasteiger charge is 2.33. The molecule has 5 N–H and O–H groups in total. The first kappa shape index (κ1) is 28.3. The van der Waals surface area contributed by atoms with E-state index in [9.17, 15) is 14.3 Å². The molecule has 0 radical (unpaired) electrons. The third-order valence-corrected chi connectivity index (χ3v) is 7.72. The molecule has 0 bridgehead atoms. The molecule has 1 fully saturated rings. The van der Waals surface area contributed by atoms with Crippen LogP contribution in [0.25, 0.3) is 11.1 Å². The number of hydrogen-bond donors (Lipinski definition) is 3. The highest BCUT2D eigenvalue weighted by atomic mass is 19.1. The van der Waals surface area contributed by atoms with Gasteiger partial charge in [0.2, 0.25) is 0 Å². The number of benzene rings is 2. The largest absolute Gasteiger partial charge is 0.392 e. The summed E-state index contributed by atoms with van der Waals surface area (Å²) in [5.41, 5.74) is 15.2. The van der Waals surface area contributed by atoms with E-state index in [1.165, 1.54) is 17.0 Å². The summed E-state index contributed by atoms with van der Waals surface area (Å²) in [7, 11) is 3.44. The smallest absolute Gasteiger partial charge is 0.277 e. The third kappa shape index (κ3) is 6.12. The predicted octanol–water partition coefficient (Wildman–Crippen LogP) is 2.32. The summed E-state index contributed by atoms with van der Waals surface area (Å²) in [6.07, 6.45) is 5.81. The molecule has 1 saturated heterocycles. The fourth-order valence-electron chi connectivity index (χ4n) is 5.25. The first-order chi connectivity index (χ1) is 19.7. The summed E-state index contributed by atoms with van der Waals surface area (Å²) < 4.78 is 17.9. The number of nitrogen functional groups attached to an aromatic ring is 1. The van der Waals surface area contributed by atoms with Gasteiger partial charge in [0, 0.05) is 63.2 Å². The molecule has 0 amide bonds. The van der Waals surface area contributed by atoms with Crippen molar-refractivity contribution in [2.75, 3.05) is 25.9 Å². The van der Waals surface area contributed by atoms with E-state index in [2.05, 4.69) is 20.0 Å². The van der Waals surface area contributed by atoms with E-state index in [-0.39, 0.29) is 18.0 Å². The second-order valence-electron chi connectivity index (χ2n) is 10.6. The lowest BCUT2D eigenvalue weighted by Gasteiger charge is -2.38. The SMILES string of the molecule is CN=C(c1ccc(CN)cc1)c1ncn(CC2(O)CCN(Cc3ccc(-c4cnn(C)c4)cc3F)CC2)c(=O)c1N. The Bertz CT molecular complexity index is 1620. The Hall–Kier alpha value is -4.19. The lowest BCUT2D eigenvalue weighted by Crippen LogP contribution is -2.48. The third-order valence-electron chi connectivity index (χ3n) is 7.72. The summed E-state index contributed by atoms with van der Waals surface area (Å²) in [4.78, 5) is 24.1. The number of rotatable bonds is 8. The van der Waals surface area contributed by atoms with Crippen LogP contribution in [0.5, 0.6) is 0 Å². The van der Waals surface area contributed by atoms with Gasteiger partial charge in [0.05, 0.1) is 30.4 Å². The van der Waals surface area contributed by atoms with Crippen LogP contribution < -0.4 is 17.0 Å². The molecule has 2 aromatic carbocycles. The average Bonchev–Trinajstić information content (AvgIpc) is 3.41. The number of aliphatic imine (C=N–C) groups is 1. The van der Waals surface area contributed by atoms with Crippen molar-refractivity contribution in [1.29, 1.82) is 0 Å². The van der Waals surface area contributed by atoms with Crippen LogP contribution >= 0.6 is 0 Å². The second-order valence-corrected chi connectivity index (χ2v) is 10.6. The van der Waals surface area contributed by atoms with Crippen LogP contribution in [-0.2, 0) is 26.7 Å². The normalized spacial score (nSPS) is 15.8. The Morgan fingerprint density at radius 2 is 1.88 bits per heavy atom. The molecule has 214 valence electrons. The van der Waals surface area contributed by atoms with Gasteiger partial charge in [-0.2, -0.15) is 5.10 Å². The Morgan fingerprint density at radius 3 is 2.49 bits per heavy atom. The highest BCUT2D eigenvalue weighted by Crippen LogP contribution is 2.27. The molecule has 10 nitrogen and oxygen atoms in total. The first-order valence-electron chi connectivity index (χ1n) is 13.5. The van der Waals surface area contributed by atoms with Crippen LogP contribution in [0.15, 0.2) is 71.0 Å². The van der Waals surface area contributed by atoms with Crippen LogP contribution in [0.1, 0.15) is 35.2 Å². The summed E-state index contributed by atoms with van der Waals surface area (Å²) in [5.74, 6) is -0.273. The number of nitrogens with zero attached hydrogens (tertiary/aromatic N) is 6. The number of nitrogens with two attached hydrogens (primary N) is 2. The minimum absolute atomic E-state index is 0.0257. The van der Waals surface area contributed by atoms with Gasteiger partial charge in [-0.1, -0.05) is 36.4 Å². The number of piperidine rings is 1. The molecule has 1 aliphatic rings. The molecule has 11 heteroatoms. The van der Waals surface area contributed by atoms with E-state index in [4.69, 9.17) is 11.5 Å². The number of halogens is 1. The minimum Gasteiger partial charge on any atom is -0.392 e. The Balaban J connectivity index is 1.24. The molecule has 0 aliphatic carbocycles. The van der Waals surface area contributed by atoms with Gasteiger partial charge in [0.15, 0.2) is 0 Å². The van der Waals surface area contributed by atoms with Crippen LogP contribution in [0.3, 0.4) is 0 Å². The predicted molar refractivity (Wildman–Crippen MR) is 157 cm³/mol. The van der Waals surface area contributed by atoms with E-state index in [0.29, 0.717) is 56.0 Å². The molecule has 0 saturated carbocycles. The van der Waals surface area contributed by atoms with Crippen molar-refractivity contribution in [2.45, 2.75) is 38.1 Å². The van der Waals surface area contributed by atoms with Crippen molar-refractivity contribution in [3.8, 4) is 11.1 Å². The van der Waals surface area contributed by atoms with Crippen LogP contribution in [0.2, 0.25) is 0 Å².